The Morgan fingerprint density at radius 1 is 1.18 bits per heavy atom. The van der Waals surface area contributed by atoms with Gasteiger partial charge in [0.2, 0.25) is 0 Å². The lowest BCUT2D eigenvalue weighted by Gasteiger charge is -2.39. The van der Waals surface area contributed by atoms with Gasteiger partial charge in [0, 0.05) is 6.20 Å². The van der Waals surface area contributed by atoms with Crippen LogP contribution in [0.2, 0.25) is 0 Å². The molecule has 6 nitrogen and oxygen atoms in total. The monoisotopic (exact) mass is 447 g/mol. The molecule has 2 aromatic carbocycles. The molecule has 2 fully saturated rings. The first-order valence-corrected chi connectivity index (χ1v) is 11.1. The molecule has 2 unspecified atom stereocenters. The van der Waals surface area contributed by atoms with E-state index in [9.17, 15) is 9.18 Å². The van der Waals surface area contributed by atoms with Crippen molar-refractivity contribution in [2.24, 2.45) is 0 Å². The maximum absolute atomic E-state index is 13.5. The third-order valence-corrected chi connectivity index (χ3v) is 6.48. The molecule has 7 heteroatoms. The molecule has 2 saturated heterocycles. The topological polar surface area (TPSA) is 56.6 Å². The van der Waals surface area contributed by atoms with E-state index in [-0.39, 0.29) is 29.9 Å². The Labute approximate surface area is 192 Å². The fraction of sp³-hybridized carbons (Fsp3) is 0.308. The van der Waals surface area contributed by atoms with Crippen molar-refractivity contribution in [2.45, 2.75) is 44.9 Å². The fourth-order valence-electron chi connectivity index (χ4n) is 4.86. The quantitative estimate of drug-likeness (QED) is 0.538. The molecule has 0 bridgehead atoms. The maximum atomic E-state index is 13.5. The van der Waals surface area contributed by atoms with Crippen molar-refractivity contribution in [1.29, 1.82) is 0 Å². The summed E-state index contributed by atoms with van der Waals surface area (Å²) in [6.07, 6.45) is 6.98. The van der Waals surface area contributed by atoms with Crippen molar-refractivity contribution in [3.63, 3.8) is 0 Å². The highest BCUT2D eigenvalue weighted by atomic mass is 19.1. The first kappa shape index (κ1) is 21.2. The largest absolute Gasteiger partial charge is 0.495 e. The van der Waals surface area contributed by atoms with Gasteiger partial charge in [0.25, 0.3) is 5.91 Å². The molecule has 2 aliphatic rings. The Morgan fingerprint density at radius 3 is 2.67 bits per heavy atom. The number of carbonyl (C=O) groups is 1. The molecule has 0 aliphatic carbocycles. The number of aryl methyl sites for hydroxylation is 1. The van der Waals surface area contributed by atoms with Crippen molar-refractivity contribution >= 4 is 12.0 Å². The third kappa shape index (κ3) is 3.88. The van der Waals surface area contributed by atoms with E-state index < -0.39 is 0 Å². The average Bonchev–Trinajstić information content (AvgIpc) is 3.45. The molecule has 33 heavy (non-hydrogen) atoms. The number of hydrogen-bond acceptors (Lipinski definition) is 4. The first-order valence-electron chi connectivity index (χ1n) is 11.1. The molecule has 0 N–H and O–H groups in total. The second kappa shape index (κ2) is 8.39. The molecule has 1 aromatic heterocycles. The predicted molar refractivity (Wildman–Crippen MR) is 122 cm³/mol. The summed E-state index contributed by atoms with van der Waals surface area (Å²) in [5.41, 5.74) is 3.52. The highest BCUT2D eigenvalue weighted by molar-refractivity contribution is 5.97. The van der Waals surface area contributed by atoms with Gasteiger partial charge in [0.05, 0.1) is 36.9 Å². The number of morpholine rings is 1. The molecule has 1 amide bonds. The lowest BCUT2D eigenvalue weighted by molar-refractivity contribution is -0.144. The van der Waals surface area contributed by atoms with Gasteiger partial charge in [-0.05, 0) is 68.2 Å². The Morgan fingerprint density at radius 2 is 1.97 bits per heavy atom. The van der Waals surface area contributed by atoms with E-state index in [1.54, 1.807) is 31.6 Å². The van der Waals surface area contributed by atoms with Crippen LogP contribution in [0.1, 0.15) is 42.6 Å². The lowest BCUT2D eigenvalue weighted by Crippen LogP contribution is -2.49. The van der Waals surface area contributed by atoms with Crippen LogP contribution in [0.5, 0.6) is 5.75 Å². The molecule has 170 valence electrons. The molecule has 2 aliphatic heterocycles. The van der Waals surface area contributed by atoms with Gasteiger partial charge in [0.1, 0.15) is 17.7 Å². The number of imidazole rings is 1. The zero-order valence-corrected chi connectivity index (χ0v) is 18.9. The number of carbonyl (C=O) groups excluding carboxylic acids is 1. The van der Waals surface area contributed by atoms with Crippen LogP contribution in [0, 0.1) is 12.7 Å². The smallest absolute Gasteiger partial charge is 0.289 e. The second-order valence-corrected chi connectivity index (χ2v) is 8.61. The minimum absolute atomic E-state index is 0.00564. The molecule has 3 heterocycles. The third-order valence-electron chi connectivity index (χ3n) is 6.48. The van der Waals surface area contributed by atoms with E-state index in [0.717, 1.165) is 35.3 Å². The van der Waals surface area contributed by atoms with Crippen LogP contribution in [0.3, 0.4) is 0 Å². The van der Waals surface area contributed by atoms with E-state index in [4.69, 9.17) is 9.47 Å². The number of halogens is 1. The normalized spacial score (nSPS) is 23.5. The summed E-state index contributed by atoms with van der Waals surface area (Å²) in [5.74, 6) is 0.555. The number of rotatable bonds is 4. The van der Waals surface area contributed by atoms with Gasteiger partial charge in [0.15, 0.2) is 5.76 Å². The minimum atomic E-state index is -0.279. The fourth-order valence-corrected chi connectivity index (χ4v) is 4.86. The molecular formula is C26H26FN3O3. The van der Waals surface area contributed by atoms with Crippen LogP contribution in [0.15, 0.2) is 60.7 Å². The highest BCUT2D eigenvalue weighted by Gasteiger charge is 2.46. The zero-order chi connectivity index (χ0) is 23.1. The number of aromatic nitrogens is 2. The standard InChI is InChI=1S/C26H26FN3O3/c1-16-14-29(15-28-16)23-9-4-18(12-24(23)32-3)13-25-26(31)30-21(17(2)33-25)10-11-22(30)19-5-7-20(27)8-6-19/h4-9,12-15,17,21-22H,10-11H2,1-3H3/t17?,21-,22?/m1/s1. The SMILES string of the molecule is COc1cc(C=C2OC(C)[C@H]3CCC(c4ccc(F)cc4)N3C2=O)ccc1-n1cnc(C)c1. The molecule has 3 aromatic rings. The van der Waals surface area contributed by atoms with Crippen molar-refractivity contribution in [1.82, 2.24) is 14.5 Å². The zero-order valence-electron chi connectivity index (χ0n) is 18.9. The number of amides is 1. The van der Waals surface area contributed by atoms with Crippen molar-refractivity contribution in [3.8, 4) is 11.4 Å². The van der Waals surface area contributed by atoms with Gasteiger partial charge in [-0.2, -0.15) is 0 Å². The van der Waals surface area contributed by atoms with Gasteiger partial charge in [-0.25, -0.2) is 9.37 Å². The van der Waals surface area contributed by atoms with Crippen LogP contribution >= 0.6 is 0 Å². The van der Waals surface area contributed by atoms with Gasteiger partial charge in [-0.15, -0.1) is 0 Å². The maximum Gasteiger partial charge on any atom is 0.289 e. The van der Waals surface area contributed by atoms with Crippen LogP contribution in [0.4, 0.5) is 4.39 Å². The van der Waals surface area contributed by atoms with E-state index in [1.807, 2.05) is 47.7 Å². The van der Waals surface area contributed by atoms with Gasteiger partial charge >= 0.3 is 0 Å². The number of hydrogen-bond donors (Lipinski definition) is 0. The Bertz CT molecular complexity index is 1220. The number of benzene rings is 2. The summed E-state index contributed by atoms with van der Waals surface area (Å²) in [6.45, 7) is 3.93. The predicted octanol–water partition coefficient (Wildman–Crippen LogP) is 4.82. The van der Waals surface area contributed by atoms with E-state index in [0.29, 0.717) is 11.5 Å². The van der Waals surface area contributed by atoms with Crippen LogP contribution in [-0.2, 0) is 9.53 Å². The van der Waals surface area contributed by atoms with E-state index in [1.165, 1.54) is 12.1 Å². The number of ether oxygens (including phenoxy) is 2. The molecule has 0 spiro atoms. The molecule has 3 atom stereocenters. The summed E-state index contributed by atoms with van der Waals surface area (Å²) in [7, 11) is 1.62. The number of fused-ring (bicyclic) bond motifs is 1. The first-order chi connectivity index (χ1) is 15.9. The highest BCUT2D eigenvalue weighted by Crippen LogP contribution is 2.42. The summed E-state index contributed by atoms with van der Waals surface area (Å²) in [5, 5.41) is 0. The van der Waals surface area contributed by atoms with Gasteiger partial charge < -0.3 is 18.9 Å². The molecular weight excluding hydrogens is 421 g/mol. The summed E-state index contributed by atoms with van der Waals surface area (Å²) in [6, 6.07) is 12.1. The Kier molecular flexibility index (Phi) is 5.40. The van der Waals surface area contributed by atoms with Crippen LogP contribution in [-0.4, -0.2) is 39.6 Å². The van der Waals surface area contributed by atoms with E-state index >= 15 is 0 Å². The van der Waals surface area contributed by atoms with Gasteiger partial charge in [-0.1, -0.05) is 18.2 Å². The summed E-state index contributed by atoms with van der Waals surface area (Å²) in [4.78, 5) is 19.7. The Balaban J connectivity index is 1.46. The lowest BCUT2D eigenvalue weighted by atomic mass is 10.0. The Hall–Kier alpha value is -3.61. The average molecular weight is 448 g/mol. The minimum Gasteiger partial charge on any atom is -0.495 e. The van der Waals surface area contributed by atoms with Gasteiger partial charge in [-0.3, -0.25) is 4.79 Å². The summed E-state index contributed by atoms with van der Waals surface area (Å²) < 4.78 is 27.0. The van der Waals surface area contributed by atoms with Crippen molar-refractivity contribution in [2.75, 3.05) is 7.11 Å². The molecule has 5 rings (SSSR count). The molecule has 0 saturated carbocycles. The molecule has 0 radical (unpaired) electrons. The van der Waals surface area contributed by atoms with E-state index in [2.05, 4.69) is 4.98 Å². The number of methoxy groups -OCH3 is 1. The van der Waals surface area contributed by atoms with Crippen molar-refractivity contribution in [3.05, 3.63) is 83.4 Å². The van der Waals surface area contributed by atoms with Crippen LogP contribution < -0.4 is 4.74 Å². The van der Waals surface area contributed by atoms with Crippen molar-refractivity contribution < 1.29 is 18.7 Å². The summed E-state index contributed by atoms with van der Waals surface area (Å²) >= 11 is 0. The second-order valence-electron chi connectivity index (χ2n) is 8.61. The number of nitrogens with zero attached hydrogens (tertiary/aromatic N) is 3. The van der Waals surface area contributed by atoms with Crippen LogP contribution in [0.25, 0.3) is 11.8 Å².